The van der Waals surface area contributed by atoms with Gasteiger partial charge in [0.2, 0.25) is 0 Å². The molecule has 0 bridgehead atoms. The van der Waals surface area contributed by atoms with Crippen LogP contribution in [0.4, 0.5) is 0 Å². The zero-order valence-corrected chi connectivity index (χ0v) is 13.5. The minimum absolute atomic E-state index is 0.0356. The molecule has 21 heavy (non-hydrogen) atoms. The number of ketones is 1. The van der Waals surface area contributed by atoms with E-state index in [1.54, 1.807) is 18.7 Å². The minimum Gasteiger partial charge on any atom is -0.465 e. The van der Waals surface area contributed by atoms with Gasteiger partial charge in [0.15, 0.2) is 5.78 Å². The van der Waals surface area contributed by atoms with E-state index in [2.05, 4.69) is 5.10 Å². The maximum absolute atomic E-state index is 12.5. The summed E-state index contributed by atoms with van der Waals surface area (Å²) in [5.74, 6) is -0.458. The van der Waals surface area contributed by atoms with Crippen LogP contribution in [0.1, 0.15) is 43.9 Å². The van der Waals surface area contributed by atoms with Crippen molar-refractivity contribution in [2.24, 2.45) is 12.5 Å². The van der Waals surface area contributed by atoms with Crippen molar-refractivity contribution in [2.45, 2.75) is 46.0 Å². The Morgan fingerprint density at radius 2 is 2.19 bits per heavy atom. The standard InChI is InChI=1S/C15H21ClN2O3/c1-4-21-14(20)15(8-6-5-7-12(15)19)9-11-10(2)17-18(3)13(11)16/h4-9H2,1-3H3. The molecule has 1 unspecified atom stereocenters. The Morgan fingerprint density at radius 1 is 1.48 bits per heavy atom. The molecule has 0 radical (unpaired) electrons. The molecule has 1 aromatic rings. The highest BCUT2D eigenvalue weighted by molar-refractivity contribution is 6.30. The number of Topliss-reactive ketones (excluding diaryl/α,β-unsaturated/α-hetero) is 1. The molecule has 1 heterocycles. The molecule has 0 aromatic carbocycles. The first-order valence-electron chi connectivity index (χ1n) is 7.31. The lowest BCUT2D eigenvalue weighted by Gasteiger charge is -2.33. The summed E-state index contributed by atoms with van der Waals surface area (Å²) in [5, 5.41) is 4.74. The van der Waals surface area contributed by atoms with E-state index in [1.165, 1.54) is 0 Å². The third kappa shape index (κ3) is 2.84. The van der Waals surface area contributed by atoms with Gasteiger partial charge in [0.05, 0.1) is 12.3 Å². The van der Waals surface area contributed by atoms with Crippen molar-refractivity contribution in [3.8, 4) is 0 Å². The second-order valence-corrected chi connectivity index (χ2v) is 5.95. The molecule has 6 heteroatoms. The Hall–Kier alpha value is -1.36. The summed E-state index contributed by atoms with van der Waals surface area (Å²) in [7, 11) is 1.75. The van der Waals surface area contributed by atoms with E-state index in [0.29, 0.717) is 18.0 Å². The van der Waals surface area contributed by atoms with Crippen LogP contribution in [-0.4, -0.2) is 28.1 Å². The first-order valence-corrected chi connectivity index (χ1v) is 7.68. The number of nitrogens with zero attached hydrogens (tertiary/aromatic N) is 2. The Morgan fingerprint density at radius 3 is 2.71 bits per heavy atom. The molecule has 5 nitrogen and oxygen atoms in total. The zero-order valence-electron chi connectivity index (χ0n) is 12.7. The molecule has 1 atom stereocenters. The first-order chi connectivity index (χ1) is 9.92. The number of hydrogen-bond donors (Lipinski definition) is 0. The quantitative estimate of drug-likeness (QED) is 0.633. The molecule has 1 fully saturated rings. The molecular weight excluding hydrogens is 292 g/mol. The highest BCUT2D eigenvalue weighted by Crippen LogP contribution is 2.39. The highest BCUT2D eigenvalue weighted by Gasteiger charge is 2.48. The predicted octanol–water partition coefficient (Wildman–Crippen LogP) is 2.62. The maximum atomic E-state index is 12.5. The molecule has 0 spiro atoms. The number of halogens is 1. The summed E-state index contributed by atoms with van der Waals surface area (Å²) in [4.78, 5) is 24.9. The van der Waals surface area contributed by atoms with E-state index in [4.69, 9.17) is 16.3 Å². The van der Waals surface area contributed by atoms with E-state index in [-0.39, 0.29) is 18.8 Å². The fraction of sp³-hybridized carbons (Fsp3) is 0.667. The van der Waals surface area contributed by atoms with Gasteiger partial charge in [0, 0.05) is 25.5 Å². The van der Waals surface area contributed by atoms with Gasteiger partial charge in [-0.15, -0.1) is 0 Å². The fourth-order valence-electron chi connectivity index (χ4n) is 3.01. The van der Waals surface area contributed by atoms with Gasteiger partial charge in [0.25, 0.3) is 0 Å². The van der Waals surface area contributed by atoms with Crippen LogP contribution in [0.3, 0.4) is 0 Å². The number of esters is 1. The Balaban J connectivity index is 2.40. The van der Waals surface area contributed by atoms with E-state index >= 15 is 0 Å². The lowest BCUT2D eigenvalue weighted by Crippen LogP contribution is -2.44. The summed E-state index contributed by atoms with van der Waals surface area (Å²) in [6.07, 6.45) is 2.91. The monoisotopic (exact) mass is 312 g/mol. The molecule has 1 aliphatic carbocycles. The molecule has 1 aromatic heterocycles. The van der Waals surface area contributed by atoms with Crippen LogP contribution in [0.5, 0.6) is 0 Å². The van der Waals surface area contributed by atoms with Gasteiger partial charge in [-0.3, -0.25) is 14.3 Å². The van der Waals surface area contributed by atoms with Gasteiger partial charge < -0.3 is 4.74 Å². The van der Waals surface area contributed by atoms with Crippen LogP contribution in [0.2, 0.25) is 5.15 Å². The maximum Gasteiger partial charge on any atom is 0.319 e. The zero-order chi connectivity index (χ0) is 15.6. The second kappa shape index (κ2) is 6.18. The summed E-state index contributed by atoms with van der Waals surface area (Å²) in [6, 6.07) is 0. The SMILES string of the molecule is CCOC(=O)C1(Cc2c(C)nn(C)c2Cl)CCCCC1=O. The van der Waals surface area contributed by atoms with Crippen LogP contribution >= 0.6 is 11.6 Å². The number of rotatable bonds is 4. The Kier molecular flexibility index (Phi) is 4.71. The molecule has 0 amide bonds. The predicted molar refractivity (Wildman–Crippen MR) is 79.2 cm³/mol. The van der Waals surface area contributed by atoms with Crippen molar-refractivity contribution in [1.82, 2.24) is 9.78 Å². The summed E-state index contributed by atoms with van der Waals surface area (Å²) in [6.45, 7) is 3.86. The van der Waals surface area contributed by atoms with Gasteiger partial charge >= 0.3 is 5.97 Å². The third-order valence-corrected chi connectivity index (χ3v) is 4.68. The summed E-state index contributed by atoms with van der Waals surface area (Å²) >= 11 is 6.26. The average molecular weight is 313 g/mol. The Bertz CT molecular complexity index is 568. The van der Waals surface area contributed by atoms with Crippen molar-refractivity contribution >= 4 is 23.4 Å². The van der Waals surface area contributed by atoms with E-state index in [9.17, 15) is 9.59 Å². The number of hydrogen-bond acceptors (Lipinski definition) is 4. The molecule has 1 aliphatic rings. The molecular formula is C15H21ClN2O3. The van der Waals surface area contributed by atoms with Gasteiger partial charge in [-0.25, -0.2) is 0 Å². The van der Waals surface area contributed by atoms with Crippen molar-refractivity contribution in [1.29, 1.82) is 0 Å². The van der Waals surface area contributed by atoms with Crippen LogP contribution in [0.25, 0.3) is 0 Å². The Labute approximate surface area is 129 Å². The summed E-state index contributed by atoms with van der Waals surface area (Å²) < 4.78 is 6.75. The van der Waals surface area contributed by atoms with Crippen molar-refractivity contribution in [3.05, 3.63) is 16.4 Å². The van der Waals surface area contributed by atoms with Gasteiger partial charge in [0.1, 0.15) is 10.6 Å². The van der Waals surface area contributed by atoms with Gasteiger partial charge in [-0.05, 0) is 26.7 Å². The fourth-order valence-corrected chi connectivity index (χ4v) is 3.25. The number of carbonyl (C=O) groups excluding carboxylic acids is 2. The molecule has 116 valence electrons. The van der Waals surface area contributed by atoms with Crippen LogP contribution in [0, 0.1) is 12.3 Å². The number of aryl methyl sites for hydroxylation is 2. The number of ether oxygens (including phenoxy) is 1. The number of carbonyl (C=O) groups is 2. The first kappa shape index (κ1) is 16.0. The highest BCUT2D eigenvalue weighted by atomic mass is 35.5. The molecule has 1 saturated carbocycles. The van der Waals surface area contributed by atoms with Crippen LogP contribution < -0.4 is 0 Å². The van der Waals surface area contributed by atoms with E-state index in [0.717, 1.165) is 24.1 Å². The average Bonchev–Trinajstić information content (AvgIpc) is 2.68. The van der Waals surface area contributed by atoms with Gasteiger partial charge in [-0.1, -0.05) is 18.0 Å². The molecule has 0 aliphatic heterocycles. The molecule has 0 N–H and O–H groups in total. The van der Waals surface area contributed by atoms with Crippen molar-refractivity contribution in [3.63, 3.8) is 0 Å². The second-order valence-electron chi connectivity index (χ2n) is 5.59. The topological polar surface area (TPSA) is 61.2 Å². The number of aromatic nitrogens is 2. The van der Waals surface area contributed by atoms with Crippen molar-refractivity contribution < 1.29 is 14.3 Å². The smallest absolute Gasteiger partial charge is 0.319 e. The lowest BCUT2D eigenvalue weighted by molar-refractivity contribution is -0.162. The van der Waals surface area contributed by atoms with Gasteiger partial charge in [-0.2, -0.15) is 5.10 Å². The largest absolute Gasteiger partial charge is 0.465 e. The van der Waals surface area contributed by atoms with Crippen LogP contribution in [0.15, 0.2) is 0 Å². The normalized spacial score (nSPS) is 22.4. The van der Waals surface area contributed by atoms with Crippen LogP contribution in [-0.2, 0) is 27.8 Å². The minimum atomic E-state index is -1.09. The molecule has 0 saturated heterocycles. The third-order valence-electron chi connectivity index (χ3n) is 4.21. The summed E-state index contributed by atoms with van der Waals surface area (Å²) in [5.41, 5.74) is 0.429. The lowest BCUT2D eigenvalue weighted by atomic mass is 9.69. The van der Waals surface area contributed by atoms with Crippen molar-refractivity contribution in [2.75, 3.05) is 6.61 Å². The molecule has 2 rings (SSSR count). The van der Waals surface area contributed by atoms with E-state index in [1.807, 2.05) is 6.92 Å². The van der Waals surface area contributed by atoms with E-state index < -0.39 is 11.4 Å².